The van der Waals surface area contributed by atoms with E-state index in [1.807, 2.05) is 0 Å². The third-order valence-corrected chi connectivity index (χ3v) is 4.70. The van der Waals surface area contributed by atoms with Crippen LogP contribution in [0.4, 0.5) is 0 Å². The number of aliphatic hydroxyl groups is 1. The maximum atomic E-state index is 10.5. The molecule has 0 spiro atoms. The van der Waals surface area contributed by atoms with Crippen molar-refractivity contribution >= 4 is 0 Å². The second kappa shape index (κ2) is 12.1. The molecule has 30 heavy (non-hydrogen) atoms. The second-order valence-corrected chi connectivity index (χ2v) is 6.68. The lowest BCUT2D eigenvalue weighted by Gasteiger charge is -2.17. The van der Waals surface area contributed by atoms with Crippen molar-refractivity contribution in [2.75, 3.05) is 54.6 Å². The van der Waals surface area contributed by atoms with Crippen LogP contribution in [0, 0.1) is 0 Å². The van der Waals surface area contributed by atoms with E-state index in [-0.39, 0.29) is 5.75 Å². The number of nitrogens with one attached hydrogen (secondary N) is 2. The van der Waals surface area contributed by atoms with Gasteiger partial charge in [0.15, 0.2) is 23.0 Å². The van der Waals surface area contributed by atoms with Gasteiger partial charge in [-0.25, -0.2) is 0 Å². The molecule has 0 bridgehead atoms. The highest BCUT2D eigenvalue weighted by Crippen LogP contribution is 2.40. The number of hydrogen-bond acceptors (Lipinski definition) is 8. The van der Waals surface area contributed by atoms with E-state index in [2.05, 4.69) is 10.6 Å². The number of aromatic hydroxyl groups is 1. The number of methoxy groups -OCH3 is 4. The quantitative estimate of drug-likeness (QED) is 0.539. The Hall–Kier alpha value is -2.68. The molecule has 1 fully saturated rings. The number of aliphatic hydroxyl groups excluding tert-OH is 1. The molecule has 2 aromatic rings. The van der Waals surface area contributed by atoms with Crippen LogP contribution in [0.1, 0.15) is 17.2 Å². The van der Waals surface area contributed by atoms with Gasteiger partial charge in [-0.15, -0.1) is 0 Å². The predicted octanol–water partition coefficient (Wildman–Crippen LogP) is 1.88. The van der Waals surface area contributed by atoms with Gasteiger partial charge in [-0.2, -0.15) is 0 Å². The van der Waals surface area contributed by atoms with Gasteiger partial charge < -0.3 is 39.8 Å². The number of hydrogen-bond donors (Lipinski definition) is 4. The first-order valence-corrected chi connectivity index (χ1v) is 9.79. The minimum Gasteiger partial charge on any atom is -0.504 e. The third-order valence-electron chi connectivity index (χ3n) is 4.70. The number of piperazine rings is 1. The van der Waals surface area contributed by atoms with Crippen molar-refractivity contribution in [2.24, 2.45) is 0 Å². The van der Waals surface area contributed by atoms with Crippen molar-refractivity contribution in [3.05, 3.63) is 41.5 Å². The average molecular weight is 421 g/mol. The summed E-state index contributed by atoms with van der Waals surface area (Å²) in [6.07, 6.45) is -0.484. The van der Waals surface area contributed by atoms with E-state index in [9.17, 15) is 10.2 Å². The minimum absolute atomic E-state index is 0.0343. The van der Waals surface area contributed by atoms with Crippen molar-refractivity contribution in [1.82, 2.24) is 10.6 Å². The summed E-state index contributed by atoms with van der Waals surface area (Å²) < 4.78 is 20.9. The zero-order valence-electron chi connectivity index (χ0n) is 18.0. The van der Waals surface area contributed by atoms with Gasteiger partial charge in [0.1, 0.15) is 0 Å². The van der Waals surface area contributed by atoms with Crippen molar-refractivity contribution in [3.63, 3.8) is 0 Å². The normalized spacial score (nSPS) is 14.2. The van der Waals surface area contributed by atoms with Crippen LogP contribution in [-0.4, -0.2) is 64.8 Å². The lowest BCUT2D eigenvalue weighted by Crippen LogP contribution is -2.39. The number of phenolic OH excluding ortho intramolecular Hbond substituents is 1. The Balaban J connectivity index is 0.000000456. The van der Waals surface area contributed by atoms with E-state index >= 15 is 0 Å². The molecule has 0 aliphatic carbocycles. The number of benzene rings is 2. The summed E-state index contributed by atoms with van der Waals surface area (Å²) in [5.74, 6) is 1.85. The maximum Gasteiger partial charge on any atom is 0.203 e. The Labute approximate surface area is 177 Å². The van der Waals surface area contributed by atoms with Gasteiger partial charge in [-0.1, -0.05) is 6.07 Å². The van der Waals surface area contributed by atoms with Crippen molar-refractivity contribution in [2.45, 2.75) is 12.5 Å². The van der Waals surface area contributed by atoms with E-state index in [4.69, 9.17) is 18.9 Å². The Morgan fingerprint density at radius 1 is 0.800 bits per heavy atom. The fourth-order valence-corrected chi connectivity index (χ4v) is 3.10. The molecule has 1 aliphatic rings. The third kappa shape index (κ3) is 6.41. The fraction of sp³-hybridized carbons (Fsp3) is 0.455. The molecule has 0 amide bonds. The largest absolute Gasteiger partial charge is 0.504 e. The van der Waals surface area contributed by atoms with Crippen LogP contribution in [-0.2, 0) is 6.42 Å². The second-order valence-electron chi connectivity index (χ2n) is 6.68. The van der Waals surface area contributed by atoms with Gasteiger partial charge in [-0.3, -0.25) is 0 Å². The van der Waals surface area contributed by atoms with E-state index in [1.54, 1.807) is 30.3 Å². The summed E-state index contributed by atoms with van der Waals surface area (Å²) in [5, 5.41) is 26.8. The summed E-state index contributed by atoms with van der Waals surface area (Å²) in [5.41, 5.74) is 1.40. The fourth-order valence-electron chi connectivity index (χ4n) is 3.10. The van der Waals surface area contributed by atoms with Gasteiger partial charge in [0.05, 0.1) is 34.5 Å². The van der Waals surface area contributed by atoms with E-state index in [0.717, 1.165) is 31.7 Å². The highest BCUT2D eigenvalue weighted by Gasteiger charge is 2.18. The first-order chi connectivity index (χ1) is 14.5. The van der Waals surface area contributed by atoms with Gasteiger partial charge >= 0.3 is 0 Å². The van der Waals surface area contributed by atoms with Crippen LogP contribution >= 0.6 is 0 Å². The highest BCUT2D eigenvalue weighted by atomic mass is 16.5. The molecule has 1 atom stereocenters. The molecule has 8 heteroatoms. The molecule has 0 aromatic heterocycles. The van der Waals surface area contributed by atoms with Gasteiger partial charge in [0, 0.05) is 32.6 Å². The lowest BCUT2D eigenvalue weighted by atomic mass is 10.00. The molecule has 1 heterocycles. The van der Waals surface area contributed by atoms with Gasteiger partial charge in [0.25, 0.3) is 0 Å². The number of phenols is 1. The standard InChI is InChI=1S/C18H22O6.C4H10N2/c1-21-15-6-5-11(8-14(15)20)7-13(19)12-9-16(22-2)18(24-4)17(10-12)23-3;1-2-6-4-3-5-1/h5-6,8-10,13,19-20H,7H2,1-4H3;5-6H,1-4H2/t13-;/m1./s1. The smallest absolute Gasteiger partial charge is 0.203 e. The van der Waals surface area contributed by atoms with Crippen LogP contribution in [0.5, 0.6) is 28.7 Å². The first-order valence-electron chi connectivity index (χ1n) is 9.79. The molecule has 0 saturated carbocycles. The molecule has 8 nitrogen and oxygen atoms in total. The van der Waals surface area contributed by atoms with Crippen molar-refractivity contribution < 1.29 is 29.2 Å². The zero-order chi connectivity index (χ0) is 21.9. The van der Waals surface area contributed by atoms with E-state index in [0.29, 0.717) is 35.0 Å². The van der Waals surface area contributed by atoms with Crippen LogP contribution < -0.4 is 29.6 Å². The minimum atomic E-state index is -0.800. The van der Waals surface area contributed by atoms with Crippen molar-refractivity contribution in [1.29, 1.82) is 0 Å². The summed E-state index contributed by atoms with van der Waals surface area (Å²) in [6, 6.07) is 8.43. The topological polar surface area (TPSA) is 101 Å². The Morgan fingerprint density at radius 3 is 1.73 bits per heavy atom. The monoisotopic (exact) mass is 420 g/mol. The molecule has 0 radical (unpaired) electrons. The summed E-state index contributed by atoms with van der Waals surface area (Å²) in [6.45, 7) is 4.56. The first kappa shape index (κ1) is 23.6. The van der Waals surface area contributed by atoms with Crippen molar-refractivity contribution in [3.8, 4) is 28.7 Å². The van der Waals surface area contributed by atoms with Crippen LogP contribution in [0.15, 0.2) is 30.3 Å². The molecule has 1 saturated heterocycles. The van der Waals surface area contributed by atoms with E-state index < -0.39 is 6.10 Å². The van der Waals surface area contributed by atoms with Gasteiger partial charge in [0.2, 0.25) is 5.75 Å². The molecule has 166 valence electrons. The van der Waals surface area contributed by atoms with Crippen LogP contribution in [0.25, 0.3) is 0 Å². The maximum absolute atomic E-state index is 10.5. The Bertz CT molecular complexity index is 759. The highest BCUT2D eigenvalue weighted by molar-refractivity contribution is 5.54. The molecule has 2 aromatic carbocycles. The Kier molecular flexibility index (Phi) is 9.53. The zero-order valence-corrected chi connectivity index (χ0v) is 18.0. The lowest BCUT2D eigenvalue weighted by molar-refractivity contribution is 0.177. The number of ether oxygens (including phenoxy) is 4. The molecule has 1 aliphatic heterocycles. The molecule has 4 N–H and O–H groups in total. The molecule has 0 unspecified atom stereocenters. The molecular formula is C22H32N2O6. The molecular weight excluding hydrogens is 388 g/mol. The molecule has 3 rings (SSSR count). The summed E-state index contributed by atoms with van der Waals surface area (Å²) >= 11 is 0. The van der Waals surface area contributed by atoms with Crippen LogP contribution in [0.2, 0.25) is 0 Å². The summed E-state index contributed by atoms with van der Waals surface area (Å²) in [4.78, 5) is 0. The predicted molar refractivity (Wildman–Crippen MR) is 115 cm³/mol. The summed E-state index contributed by atoms with van der Waals surface area (Å²) in [7, 11) is 6.06. The van der Waals surface area contributed by atoms with Gasteiger partial charge in [-0.05, 0) is 35.4 Å². The Morgan fingerprint density at radius 2 is 1.33 bits per heavy atom. The van der Waals surface area contributed by atoms with Crippen LogP contribution in [0.3, 0.4) is 0 Å². The average Bonchev–Trinajstić information content (AvgIpc) is 2.79. The SMILES string of the molecule is C1CNCCN1.COc1ccc(C[C@@H](O)c2cc(OC)c(OC)c(OC)c2)cc1O. The number of rotatable bonds is 7. The van der Waals surface area contributed by atoms with E-state index in [1.165, 1.54) is 28.4 Å².